The number of benzene rings is 2. The van der Waals surface area contributed by atoms with E-state index in [1.807, 2.05) is 0 Å². The third kappa shape index (κ3) is 2.99. The van der Waals surface area contributed by atoms with Crippen LogP contribution in [0, 0.1) is 0 Å². The molecule has 0 unspecified atom stereocenters. The lowest BCUT2D eigenvalue weighted by Gasteiger charge is -2.14. The van der Waals surface area contributed by atoms with Gasteiger partial charge in [-0.1, -0.05) is 6.07 Å². The number of carbonyl (C=O) groups excluding carboxylic acids is 3. The Morgan fingerprint density at radius 3 is 2.39 bits per heavy atom. The van der Waals surface area contributed by atoms with E-state index in [9.17, 15) is 14.4 Å². The maximum atomic E-state index is 12.6. The number of hydrogen-bond donors (Lipinski definition) is 0. The van der Waals surface area contributed by atoms with E-state index in [-0.39, 0.29) is 22.5 Å². The quantitative estimate of drug-likeness (QED) is 0.396. The molecule has 3 aromatic rings. The van der Waals surface area contributed by atoms with Crippen LogP contribution in [0.1, 0.15) is 31.2 Å². The van der Waals surface area contributed by atoms with E-state index < -0.39 is 17.8 Å². The maximum absolute atomic E-state index is 12.6. The molecule has 0 saturated heterocycles. The Kier molecular flexibility index (Phi) is 4.33. The zero-order valence-electron chi connectivity index (χ0n) is 14.8. The minimum Gasteiger partial charge on any atom is -0.497 e. The lowest BCUT2D eigenvalue weighted by Crippen LogP contribution is -2.29. The number of hydrogen-bond acceptors (Lipinski definition) is 6. The Morgan fingerprint density at radius 2 is 1.68 bits per heavy atom. The number of methoxy groups -OCH3 is 1. The van der Waals surface area contributed by atoms with Crippen molar-refractivity contribution in [2.75, 3.05) is 12.0 Å². The summed E-state index contributed by atoms with van der Waals surface area (Å²) in [5.74, 6) is -0.626. The first-order valence-electron chi connectivity index (χ1n) is 8.38. The second kappa shape index (κ2) is 6.96. The molecule has 2 amide bonds. The van der Waals surface area contributed by atoms with Crippen molar-refractivity contribution in [3.8, 4) is 11.5 Å². The highest BCUT2D eigenvalue weighted by atomic mass is 16.5. The standard InChI is InChI=1S/C21H14N2O5/c1-27-15-7-9-16(10-8-15)28-21(26)13-4-2-5-14(12-13)23-19(24)17-6-3-11-22-18(17)20(23)25/h2-12H,1H3. The Labute approximate surface area is 160 Å². The average Bonchev–Trinajstić information content (AvgIpc) is 2.99. The van der Waals surface area contributed by atoms with Crippen LogP contribution in [0.25, 0.3) is 0 Å². The third-order valence-corrected chi connectivity index (χ3v) is 4.26. The summed E-state index contributed by atoms with van der Waals surface area (Å²) in [6.07, 6.45) is 1.45. The lowest BCUT2D eigenvalue weighted by atomic mass is 10.2. The Bertz CT molecular complexity index is 1060. The summed E-state index contributed by atoms with van der Waals surface area (Å²) in [4.78, 5) is 42.6. The number of carbonyl (C=O) groups is 3. The highest BCUT2D eigenvalue weighted by molar-refractivity contribution is 6.33. The zero-order valence-corrected chi connectivity index (χ0v) is 14.8. The maximum Gasteiger partial charge on any atom is 0.343 e. The van der Waals surface area contributed by atoms with Gasteiger partial charge in [0.15, 0.2) is 0 Å². The molecule has 0 N–H and O–H groups in total. The second-order valence-corrected chi connectivity index (χ2v) is 5.96. The normalized spacial score (nSPS) is 12.7. The molecule has 0 bridgehead atoms. The van der Waals surface area contributed by atoms with Crippen LogP contribution in [-0.2, 0) is 0 Å². The molecule has 0 aliphatic carbocycles. The van der Waals surface area contributed by atoms with Crippen LogP contribution in [0.4, 0.5) is 5.69 Å². The fraction of sp³-hybridized carbons (Fsp3) is 0.0476. The number of aromatic nitrogens is 1. The van der Waals surface area contributed by atoms with Gasteiger partial charge in [0.25, 0.3) is 11.8 Å². The van der Waals surface area contributed by atoms with Crippen LogP contribution >= 0.6 is 0 Å². The fourth-order valence-electron chi connectivity index (χ4n) is 2.88. The zero-order chi connectivity index (χ0) is 19.7. The van der Waals surface area contributed by atoms with Crippen molar-refractivity contribution in [3.05, 3.63) is 83.7 Å². The van der Waals surface area contributed by atoms with E-state index in [1.165, 1.54) is 12.3 Å². The summed E-state index contributed by atoms with van der Waals surface area (Å²) in [7, 11) is 1.54. The number of imide groups is 1. The molecule has 4 rings (SSSR count). The number of esters is 1. The van der Waals surface area contributed by atoms with E-state index in [0.717, 1.165) is 4.90 Å². The van der Waals surface area contributed by atoms with Gasteiger partial charge in [0.1, 0.15) is 17.2 Å². The largest absolute Gasteiger partial charge is 0.497 e. The molecule has 0 saturated carbocycles. The number of pyridine rings is 1. The fourth-order valence-corrected chi connectivity index (χ4v) is 2.88. The van der Waals surface area contributed by atoms with Crippen LogP contribution in [-0.4, -0.2) is 29.9 Å². The Morgan fingerprint density at radius 1 is 0.929 bits per heavy atom. The Hall–Kier alpha value is -4.00. The lowest BCUT2D eigenvalue weighted by molar-refractivity contribution is 0.0733. The molecule has 0 atom stereocenters. The number of amides is 2. The monoisotopic (exact) mass is 374 g/mol. The Balaban J connectivity index is 1.59. The van der Waals surface area contributed by atoms with Crippen molar-refractivity contribution in [2.24, 2.45) is 0 Å². The van der Waals surface area contributed by atoms with E-state index in [1.54, 1.807) is 61.7 Å². The molecule has 1 aliphatic heterocycles. The van der Waals surface area contributed by atoms with Crippen molar-refractivity contribution in [1.29, 1.82) is 0 Å². The van der Waals surface area contributed by atoms with Gasteiger partial charge in [0.05, 0.1) is 23.9 Å². The van der Waals surface area contributed by atoms with Gasteiger partial charge >= 0.3 is 5.97 Å². The van der Waals surface area contributed by atoms with Gasteiger partial charge in [-0.05, 0) is 54.6 Å². The van der Waals surface area contributed by atoms with Crippen LogP contribution in [0.3, 0.4) is 0 Å². The van der Waals surface area contributed by atoms with E-state index in [0.29, 0.717) is 11.5 Å². The molecule has 138 valence electrons. The summed E-state index contributed by atoms with van der Waals surface area (Å²) >= 11 is 0. The molecule has 0 radical (unpaired) electrons. The molecule has 1 aliphatic rings. The summed E-state index contributed by atoms with van der Waals surface area (Å²) in [5.41, 5.74) is 0.812. The molecule has 0 fully saturated rings. The SMILES string of the molecule is COc1ccc(OC(=O)c2cccc(N3C(=O)c4cccnc4C3=O)c2)cc1. The number of rotatable bonds is 4. The van der Waals surface area contributed by atoms with Crippen LogP contribution < -0.4 is 14.4 Å². The van der Waals surface area contributed by atoms with E-state index >= 15 is 0 Å². The predicted octanol–water partition coefficient (Wildman–Crippen LogP) is 3.11. The van der Waals surface area contributed by atoms with Crippen molar-refractivity contribution in [2.45, 2.75) is 0 Å². The molecule has 0 spiro atoms. The molecule has 7 heteroatoms. The van der Waals surface area contributed by atoms with Crippen molar-refractivity contribution in [1.82, 2.24) is 4.98 Å². The van der Waals surface area contributed by atoms with Gasteiger partial charge in [0.2, 0.25) is 0 Å². The first kappa shape index (κ1) is 17.4. The molecular formula is C21H14N2O5. The minimum atomic E-state index is -0.609. The summed E-state index contributed by atoms with van der Waals surface area (Å²) < 4.78 is 10.4. The summed E-state index contributed by atoms with van der Waals surface area (Å²) in [5, 5.41) is 0. The number of fused-ring (bicyclic) bond motifs is 1. The first-order valence-corrected chi connectivity index (χ1v) is 8.38. The van der Waals surface area contributed by atoms with Crippen molar-refractivity contribution < 1.29 is 23.9 Å². The molecule has 7 nitrogen and oxygen atoms in total. The highest BCUT2D eigenvalue weighted by Crippen LogP contribution is 2.28. The van der Waals surface area contributed by atoms with Crippen LogP contribution in [0.15, 0.2) is 66.9 Å². The van der Waals surface area contributed by atoms with Crippen molar-refractivity contribution >= 4 is 23.5 Å². The van der Waals surface area contributed by atoms with Crippen LogP contribution in [0.2, 0.25) is 0 Å². The van der Waals surface area contributed by atoms with E-state index in [4.69, 9.17) is 9.47 Å². The van der Waals surface area contributed by atoms with Gasteiger partial charge in [-0.3, -0.25) is 14.6 Å². The van der Waals surface area contributed by atoms with Gasteiger partial charge in [-0.25, -0.2) is 9.69 Å². The van der Waals surface area contributed by atoms with E-state index in [2.05, 4.69) is 4.98 Å². The topological polar surface area (TPSA) is 85.8 Å². The van der Waals surface area contributed by atoms with Gasteiger partial charge in [0, 0.05) is 6.20 Å². The first-order chi connectivity index (χ1) is 13.6. The third-order valence-electron chi connectivity index (χ3n) is 4.26. The number of ether oxygens (including phenoxy) is 2. The molecule has 28 heavy (non-hydrogen) atoms. The molecule has 1 aromatic heterocycles. The van der Waals surface area contributed by atoms with Crippen LogP contribution in [0.5, 0.6) is 11.5 Å². The van der Waals surface area contributed by atoms with Gasteiger partial charge in [-0.2, -0.15) is 0 Å². The number of nitrogens with zero attached hydrogens (tertiary/aromatic N) is 2. The highest BCUT2D eigenvalue weighted by Gasteiger charge is 2.37. The van der Waals surface area contributed by atoms with Crippen molar-refractivity contribution in [3.63, 3.8) is 0 Å². The molecule has 2 aromatic carbocycles. The molecule has 2 heterocycles. The smallest absolute Gasteiger partial charge is 0.343 e. The van der Waals surface area contributed by atoms with Gasteiger partial charge < -0.3 is 9.47 Å². The average molecular weight is 374 g/mol. The minimum absolute atomic E-state index is 0.0960. The van der Waals surface area contributed by atoms with Gasteiger partial charge in [-0.15, -0.1) is 0 Å². The molecular weight excluding hydrogens is 360 g/mol. The predicted molar refractivity (Wildman–Crippen MR) is 99.8 cm³/mol. The summed E-state index contributed by atoms with van der Waals surface area (Å²) in [6, 6.07) is 15.8. The summed E-state index contributed by atoms with van der Waals surface area (Å²) in [6.45, 7) is 0. The number of anilines is 1. The second-order valence-electron chi connectivity index (χ2n) is 5.96.